The number of aromatic hydroxyl groups is 1. The average molecular weight is 245 g/mol. The fourth-order valence-electron chi connectivity index (χ4n) is 1.54. The van der Waals surface area contributed by atoms with Crippen LogP contribution in [-0.4, -0.2) is 5.11 Å². The summed E-state index contributed by atoms with van der Waals surface area (Å²) in [5.74, 6) is 0.818. The molecule has 0 unspecified atom stereocenters. The van der Waals surface area contributed by atoms with Crippen LogP contribution in [0.25, 0.3) is 0 Å². The maximum absolute atomic E-state index is 9.39. The van der Waals surface area contributed by atoms with Gasteiger partial charge in [0.1, 0.15) is 5.75 Å². The molecule has 5 nitrogen and oxygen atoms in total. The fraction of sp³-hybridized carbons (Fsp3) is 0.0769. The van der Waals surface area contributed by atoms with Gasteiger partial charge in [0.15, 0.2) is 11.5 Å². The lowest BCUT2D eigenvalue weighted by molar-refractivity contribution is 0.457. The van der Waals surface area contributed by atoms with E-state index in [1.165, 1.54) is 12.1 Å². The van der Waals surface area contributed by atoms with E-state index in [0.29, 0.717) is 28.6 Å². The van der Waals surface area contributed by atoms with E-state index in [2.05, 4.69) is 0 Å². The van der Waals surface area contributed by atoms with Crippen LogP contribution in [0.1, 0.15) is 5.56 Å². The molecule has 94 valence electrons. The Morgan fingerprint density at radius 1 is 0.889 bits per heavy atom. The molecule has 2 rings (SSSR count). The molecule has 0 spiro atoms. The fourth-order valence-corrected chi connectivity index (χ4v) is 1.54. The lowest BCUT2D eigenvalue weighted by Crippen LogP contribution is -1.98. The predicted octanol–water partition coefficient (Wildman–Crippen LogP) is 2.24. The van der Waals surface area contributed by atoms with Crippen molar-refractivity contribution in [3.63, 3.8) is 0 Å². The summed E-state index contributed by atoms with van der Waals surface area (Å²) in [4.78, 5) is 0. The lowest BCUT2D eigenvalue weighted by Gasteiger charge is -2.12. The third kappa shape index (κ3) is 2.24. The molecule has 0 fully saturated rings. The second kappa shape index (κ2) is 4.37. The van der Waals surface area contributed by atoms with Gasteiger partial charge in [-0.2, -0.15) is 0 Å². The van der Waals surface area contributed by atoms with E-state index < -0.39 is 0 Å². The van der Waals surface area contributed by atoms with Gasteiger partial charge in [-0.05, 0) is 30.7 Å². The second-order valence-corrected chi connectivity index (χ2v) is 4.07. The molecule has 0 bridgehead atoms. The number of rotatable bonds is 2. The van der Waals surface area contributed by atoms with Crippen molar-refractivity contribution in [1.29, 1.82) is 0 Å². The zero-order valence-corrected chi connectivity index (χ0v) is 9.97. The molecule has 7 N–H and O–H groups in total. The molecule has 0 saturated heterocycles. The maximum atomic E-state index is 9.39. The van der Waals surface area contributed by atoms with Crippen LogP contribution < -0.4 is 21.9 Å². The second-order valence-electron chi connectivity index (χ2n) is 4.07. The first-order valence-electron chi connectivity index (χ1n) is 5.39. The van der Waals surface area contributed by atoms with Gasteiger partial charge in [0, 0.05) is 17.8 Å². The first-order chi connectivity index (χ1) is 8.47. The van der Waals surface area contributed by atoms with E-state index in [9.17, 15) is 5.11 Å². The Morgan fingerprint density at radius 3 is 2.28 bits per heavy atom. The van der Waals surface area contributed by atoms with Gasteiger partial charge in [-0.1, -0.05) is 0 Å². The van der Waals surface area contributed by atoms with Gasteiger partial charge in [0.2, 0.25) is 0 Å². The Hall–Kier alpha value is -2.56. The number of hydrogen-bond donors (Lipinski definition) is 4. The lowest BCUT2D eigenvalue weighted by atomic mass is 10.1. The summed E-state index contributed by atoms with van der Waals surface area (Å²) in [6, 6.07) is 7.82. The number of aryl methyl sites for hydroxylation is 1. The van der Waals surface area contributed by atoms with E-state index >= 15 is 0 Å². The molecule has 0 aliphatic heterocycles. The number of hydrogen-bond acceptors (Lipinski definition) is 5. The molecule has 0 atom stereocenters. The van der Waals surface area contributed by atoms with Gasteiger partial charge in [0.25, 0.3) is 0 Å². The van der Waals surface area contributed by atoms with E-state index in [1.807, 2.05) is 6.92 Å². The quantitative estimate of drug-likeness (QED) is 0.479. The van der Waals surface area contributed by atoms with Gasteiger partial charge in [0.05, 0.1) is 11.4 Å². The minimum atomic E-state index is 0.0675. The molecular weight excluding hydrogens is 230 g/mol. The van der Waals surface area contributed by atoms with Crippen LogP contribution in [0.3, 0.4) is 0 Å². The Morgan fingerprint density at radius 2 is 1.56 bits per heavy atom. The third-order valence-corrected chi connectivity index (χ3v) is 2.62. The zero-order valence-electron chi connectivity index (χ0n) is 9.97. The Bertz CT molecular complexity index is 597. The van der Waals surface area contributed by atoms with Crippen molar-refractivity contribution in [2.45, 2.75) is 6.92 Å². The van der Waals surface area contributed by atoms with Crippen molar-refractivity contribution < 1.29 is 9.84 Å². The molecule has 0 heterocycles. The molecule has 2 aromatic carbocycles. The number of benzene rings is 2. The average Bonchev–Trinajstić information content (AvgIpc) is 2.30. The minimum absolute atomic E-state index is 0.0675. The van der Waals surface area contributed by atoms with Crippen LogP contribution in [-0.2, 0) is 0 Å². The number of anilines is 3. The zero-order chi connectivity index (χ0) is 13.3. The van der Waals surface area contributed by atoms with Gasteiger partial charge in [-0.25, -0.2) is 0 Å². The van der Waals surface area contributed by atoms with E-state index in [-0.39, 0.29) is 5.75 Å². The molecule has 5 heteroatoms. The molecule has 0 saturated carbocycles. The first kappa shape index (κ1) is 11.9. The van der Waals surface area contributed by atoms with Crippen LogP contribution in [0, 0.1) is 6.92 Å². The van der Waals surface area contributed by atoms with Crippen LogP contribution in [0.5, 0.6) is 17.2 Å². The smallest absolute Gasteiger partial charge is 0.154 e. The Labute approximate surface area is 105 Å². The highest BCUT2D eigenvalue weighted by Crippen LogP contribution is 2.35. The van der Waals surface area contributed by atoms with Gasteiger partial charge < -0.3 is 27.0 Å². The van der Waals surface area contributed by atoms with E-state index in [1.54, 1.807) is 18.2 Å². The maximum Gasteiger partial charge on any atom is 0.154 e. The van der Waals surface area contributed by atoms with Crippen LogP contribution in [0.4, 0.5) is 17.1 Å². The minimum Gasteiger partial charge on any atom is -0.508 e. The van der Waals surface area contributed by atoms with E-state index in [4.69, 9.17) is 21.9 Å². The SMILES string of the molecule is Cc1cc(N)c(Oc2cc(O)ccc2N)cc1N. The van der Waals surface area contributed by atoms with Gasteiger partial charge in [-0.3, -0.25) is 0 Å². The predicted molar refractivity (Wildman–Crippen MR) is 72.6 cm³/mol. The van der Waals surface area contributed by atoms with E-state index in [0.717, 1.165) is 5.56 Å². The number of nitrogen functional groups attached to an aromatic ring is 3. The van der Waals surface area contributed by atoms with Crippen molar-refractivity contribution in [2.75, 3.05) is 17.2 Å². The molecule has 2 aromatic rings. The van der Waals surface area contributed by atoms with Crippen LogP contribution >= 0.6 is 0 Å². The topological polar surface area (TPSA) is 108 Å². The van der Waals surface area contributed by atoms with Crippen molar-refractivity contribution >= 4 is 17.1 Å². The van der Waals surface area contributed by atoms with Crippen LogP contribution in [0.2, 0.25) is 0 Å². The molecule has 0 amide bonds. The van der Waals surface area contributed by atoms with Crippen molar-refractivity contribution in [2.24, 2.45) is 0 Å². The summed E-state index contributed by atoms with van der Waals surface area (Å²) in [6.45, 7) is 1.86. The normalized spacial score (nSPS) is 10.3. The summed E-state index contributed by atoms with van der Waals surface area (Å²) in [5.41, 5.74) is 19.7. The Kier molecular flexibility index (Phi) is 2.89. The van der Waals surface area contributed by atoms with Crippen molar-refractivity contribution in [1.82, 2.24) is 0 Å². The van der Waals surface area contributed by atoms with Gasteiger partial charge in [-0.15, -0.1) is 0 Å². The van der Waals surface area contributed by atoms with Gasteiger partial charge >= 0.3 is 0 Å². The van der Waals surface area contributed by atoms with Crippen molar-refractivity contribution in [3.05, 3.63) is 35.9 Å². The molecular formula is C13H15N3O2. The number of ether oxygens (including phenoxy) is 1. The molecule has 0 aliphatic rings. The summed E-state index contributed by atoms with van der Waals surface area (Å²) in [7, 11) is 0. The standard InChI is InChI=1S/C13H15N3O2/c1-7-4-11(16)13(6-10(7)15)18-12-5-8(17)2-3-9(12)14/h2-6,17H,14-16H2,1H3. The summed E-state index contributed by atoms with van der Waals surface area (Å²) in [6.07, 6.45) is 0. The molecule has 18 heavy (non-hydrogen) atoms. The summed E-state index contributed by atoms with van der Waals surface area (Å²) >= 11 is 0. The Balaban J connectivity index is 2.40. The monoisotopic (exact) mass is 245 g/mol. The number of phenolic OH excluding ortho intramolecular Hbond substituents is 1. The summed E-state index contributed by atoms with van der Waals surface area (Å²) in [5, 5.41) is 9.39. The highest BCUT2D eigenvalue weighted by atomic mass is 16.5. The molecule has 0 aromatic heterocycles. The number of phenols is 1. The molecule has 0 aliphatic carbocycles. The first-order valence-corrected chi connectivity index (χ1v) is 5.39. The third-order valence-electron chi connectivity index (χ3n) is 2.62. The number of nitrogens with two attached hydrogens (primary N) is 3. The molecule has 0 radical (unpaired) electrons. The van der Waals surface area contributed by atoms with Crippen LogP contribution in [0.15, 0.2) is 30.3 Å². The highest BCUT2D eigenvalue weighted by Gasteiger charge is 2.08. The van der Waals surface area contributed by atoms with Crippen molar-refractivity contribution in [3.8, 4) is 17.2 Å². The highest BCUT2D eigenvalue weighted by molar-refractivity contribution is 5.66. The summed E-state index contributed by atoms with van der Waals surface area (Å²) < 4.78 is 5.57. The largest absolute Gasteiger partial charge is 0.508 e.